The molecule has 0 aromatic heterocycles. The van der Waals surface area contributed by atoms with Gasteiger partial charge in [0.15, 0.2) is 11.6 Å². The largest absolute Gasteiger partial charge is 0.494 e. The van der Waals surface area contributed by atoms with Crippen LogP contribution in [0.2, 0.25) is 0 Å². The van der Waals surface area contributed by atoms with Gasteiger partial charge in [0.1, 0.15) is 5.75 Å². The number of aliphatic hydroxyl groups is 1. The molecule has 0 fully saturated rings. The normalized spacial score (nSPS) is 17.0. The van der Waals surface area contributed by atoms with Crippen molar-refractivity contribution in [1.82, 2.24) is 10.9 Å². The van der Waals surface area contributed by atoms with Crippen molar-refractivity contribution in [3.63, 3.8) is 0 Å². The highest BCUT2D eigenvalue weighted by Crippen LogP contribution is 2.43. The number of halogens is 1. The van der Waals surface area contributed by atoms with Gasteiger partial charge in [-0.25, -0.2) is 10.4 Å². The molecule has 0 aliphatic carbocycles. The summed E-state index contributed by atoms with van der Waals surface area (Å²) in [6.07, 6.45) is 0.868. The van der Waals surface area contributed by atoms with Gasteiger partial charge in [-0.1, -0.05) is 119 Å². The van der Waals surface area contributed by atoms with Gasteiger partial charge in [-0.15, -0.1) is 0 Å². The number of nitrogens with one attached hydrogen (secondary N) is 2. The Balaban J connectivity index is 1.36. The quantitative estimate of drug-likeness (QED) is 0.0838. The number of carbonyl (C=O) groups is 1. The van der Waals surface area contributed by atoms with Gasteiger partial charge in [0.2, 0.25) is 5.90 Å². The van der Waals surface area contributed by atoms with Crippen LogP contribution in [-0.4, -0.2) is 42.2 Å². The zero-order valence-corrected chi connectivity index (χ0v) is 28.1. The second-order valence-corrected chi connectivity index (χ2v) is 12.5. The third kappa shape index (κ3) is 7.85. The average Bonchev–Trinajstić information content (AvgIpc) is 3.53. The lowest BCUT2D eigenvalue weighted by molar-refractivity contribution is -0.130. The number of aliphatic hydroxyl groups excluding tert-OH is 1. The third-order valence-corrected chi connectivity index (χ3v) is 9.13. The summed E-state index contributed by atoms with van der Waals surface area (Å²) in [5.74, 6) is 0.765. The molecule has 0 saturated heterocycles. The van der Waals surface area contributed by atoms with E-state index in [1.54, 1.807) is 0 Å². The number of rotatable bonds is 14. The second kappa shape index (κ2) is 15.9. The monoisotopic (exact) mass is 703 g/mol. The fraction of sp³-hybridized carbons (Fsp3) is 0.200. The van der Waals surface area contributed by atoms with Crippen LogP contribution in [0.4, 0.5) is 0 Å². The van der Waals surface area contributed by atoms with Crippen LogP contribution in [0.5, 0.6) is 5.75 Å². The average molecular weight is 705 g/mol. The number of nitrogens with zero attached hydrogens (tertiary/aromatic N) is 1. The number of ether oxygens (including phenoxy) is 2. The van der Waals surface area contributed by atoms with Crippen molar-refractivity contribution >= 4 is 27.7 Å². The van der Waals surface area contributed by atoms with Gasteiger partial charge in [-0.05, 0) is 64.6 Å². The Bertz CT molecular complexity index is 1820. The number of amides is 1. The summed E-state index contributed by atoms with van der Waals surface area (Å²) >= 11 is 3.71. The summed E-state index contributed by atoms with van der Waals surface area (Å²) in [5, 5.41) is 9.11. The number of hydrogen-bond acceptors (Lipinski definition) is 6. The van der Waals surface area contributed by atoms with Crippen molar-refractivity contribution in [3.8, 4) is 16.9 Å². The molecule has 1 amide bonds. The molecule has 5 aromatic carbocycles. The molecule has 244 valence electrons. The fourth-order valence-electron chi connectivity index (χ4n) is 5.80. The number of hydrogen-bond donors (Lipinski definition) is 3. The van der Waals surface area contributed by atoms with Gasteiger partial charge >= 0.3 is 0 Å². The van der Waals surface area contributed by atoms with E-state index < -0.39 is 11.6 Å². The van der Waals surface area contributed by atoms with Crippen LogP contribution < -0.4 is 15.6 Å². The number of benzene rings is 5. The predicted octanol–water partition coefficient (Wildman–Crippen LogP) is 7.24. The summed E-state index contributed by atoms with van der Waals surface area (Å²) in [5.41, 5.74) is 10.7. The number of hydrazine groups is 1. The fourth-order valence-corrected chi connectivity index (χ4v) is 6.22. The first-order chi connectivity index (χ1) is 23.6. The van der Waals surface area contributed by atoms with Crippen molar-refractivity contribution in [1.29, 1.82) is 0 Å². The smallest absolute Gasteiger partial charge is 0.266 e. The predicted molar refractivity (Wildman–Crippen MR) is 193 cm³/mol. The molecule has 0 spiro atoms. The van der Waals surface area contributed by atoms with E-state index in [1.165, 1.54) is 5.56 Å². The van der Waals surface area contributed by atoms with Crippen molar-refractivity contribution < 1.29 is 19.4 Å². The van der Waals surface area contributed by atoms with Crippen molar-refractivity contribution in [2.24, 2.45) is 4.99 Å². The highest BCUT2D eigenvalue weighted by atomic mass is 79.9. The molecule has 1 aliphatic heterocycles. The van der Waals surface area contributed by atoms with E-state index >= 15 is 0 Å². The molecular formula is C40H38BrN3O4. The van der Waals surface area contributed by atoms with E-state index in [9.17, 15) is 4.79 Å². The zero-order chi connectivity index (χ0) is 33.2. The number of carbonyl (C=O) groups excluding carboxylic acids is 1. The molecule has 6 rings (SSSR count). The van der Waals surface area contributed by atoms with Gasteiger partial charge in [0, 0.05) is 36.0 Å². The minimum absolute atomic E-state index is 0.0687. The topological polar surface area (TPSA) is 92.2 Å². The molecule has 2 atom stereocenters. The summed E-state index contributed by atoms with van der Waals surface area (Å²) in [6.45, 7) is 1.03. The molecule has 5 aromatic rings. The van der Waals surface area contributed by atoms with E-state index in [0.29, 0.717) is 31.2 Å². The summed E-state index contributed by atoms with van der Waals surface area (Å²) < 4.78 is 13.3. The van der Waals surface area contributed by atoms with Gasteiger partial charge in [-0.3, -0.25) is 10.2 Å². The van der Waals surface area contributed by atoms with E-state index in [2.05, 4.69) is 63.2 Å². The molecule has 48 heavy (non-hydrogen) atoms. The van der Waals surface area contributed by atoms with Crippen LogP contribution >= 0.6 is 15.9 Å². The molecular weight excluding hydrogens is 666 g/mol. The molecule has 0 saturated carbocycles. The Morgan fingerprint density at radius 1 is 0.812 bits per heavy atom. The molecule has 1 aliphatic rings. The lowest BCUT2D eigenvalue weighted by Gasteiger charge is -2.31. The lowest BCUT2D eigenvalue weighted by atomic mass is 9.82. The van der Waals surface area contributed by atoms with E-state index in [-0.39, 0.29) is 18.9 Å². The van der Waals surface area contributed by atoms with E-state index in [0.717, 1.165) is 38.7 Å². The molecule has 7 nitrogen and oxygen atoms in total. The standard InChI is InChI=1S/C40H38BrN3O4/c41-36-15-8-7-14-34(36)28-40(39(46)44-42-25-24-29-10-3-1-4-11-29)37(32-18-16-31(17-19-32)30-12-5-2-6-13-30)48-38(43-40)33-20-22-35(23-21-33)47-27-9-26-45/h1-8,10-23,37,42,45H,9,24-28H2,(H,44,46)/t37-,40-/m0/s1. The molecule has 0 unspecified atom stereocenters. The molecule has 0 radical (unpaired) electrons. The zero-order valence-electron chi connectivity index (χ0n) is 26.5. The first kappa shape index (κ1) is 33.2. The first-order valence-electron chi connectivity index (χ1n) is 16.1. The van der Waals surface area contributed by atoms with Crippen LogP contribution in [-0.2, 0) is 22.4 Å². The summed E-state index contributed by atoms with van der Waals surface area (Å²) in [7, 11) is 0. The number of aliphatic imine (C=N–C) groups is 1. The minimum atomic E-state index is -1.34. The van der Waals surface area contributed by atoms with Crippen LogP contribution in [0.3, 0.4) is 0 Å². The van der Waals surface area contributed by atoms with Gasteiger partial charge < -0.3 is 14.6 Å². The lowest BCUT2D eigenvalue weighted by Crippen LogP contribution is -2.54. The van der Waals surface area contributed by atoms with E-state index in [4.69, 9.17) is 19.6 Å². The van der Waals surface area contributed by atoms with Crippen molar-refractivity contribution in [2.75, 3.05) is 19.8 Å². The second-order valence-electron chi connectivity index (χ2n) is 11.7. The third-order valence-electron chi connectivity index (χ3n) is 8.35. The Labute approximate surface area is 289 Å². The Morgan fingerprint density at radius 3 is 2.17 bits per heavy atom. The van der Waals surface area contributed by atoms with Crippen LogP contribution in [0, 0.1) is 0 Å². The highest BCUT2D eigenvalue weighted by Gasteiger charge is 2.53. The Hall–Kier alpha value is -4.76. The molecule has 1 heterocycles. The van der Waals surface area contributed by atoms with Crippen LogP contribution in [0.1, 0.15) is 34.8 Å². The van der Waals surface area contributed by atoms with Crippen molar-refractivity contribution in [2.45, 2.75) is 30.9 Å². The van der Waals surface area contributed by atoms with Gasteiger partial charge in [-0.2, -0.15) is 0 Å². The van der Waals surface area contributed by atoms with Crippen molar-refractivity contribution in [3.05, 3.63) is 160 Å². The Morgan fingerprint density at radius 2 is 1.46 bits per heavy atom. The maximum atomic E-state index is 14.5. The van der Waals surface area contributed by atoms with Crippen LogP contribution in [0.25, 0.3) is 11.1 Å². The Kier molecular flexibility index (Phi) is 11.0. The minimum Gasteiger partial charge on any atom is -0.494 e. The SMILES string of the molecule is O=C(NNCCc1ccccc1)[C@@]1(Cc2ccccc2Br)N=C(c2ccc(OCCCO)cc2)O[C@H]1c1ccc(-c2ccccc2)cc1. The highest BCUT2D eigenvalue weighted by molar-refractivity contribution is 9.10. The first-order valence-corrected chi connectivity index (χ1v) is 16.9. The van der Waals surface area contributed by atoms with Crippen LogP contribution in [0.15, 0.2) is 143 Å². The van der Waals surface area contributed by atoms with E-state index in [1.807, 2.05) is 97.1 Å². The summed E-state index contributed by atoms with van der Waals surface area (Å²) in [4.78, 5) is 19.7. The maximum Gasteiger partial charge on any atom is 0.266 e. The van der Waals surface area contributed by atoms with Gasteiger partial charge in [0.25, 0.3) is 5.91 Å². The molecule has 8 heteroatoms. The summed E-state index contributed by atoms with van der Waals surface area (Å²) in [6, 6.07) is 43.8. The molecule has 0 bridgehead atoms. The molecule has 3 N–H and O–H groups in total. The maximum absolute atomic E-state index is 14.5. The van der Waals surface area contributed by atoms with Gasteiger partial charge in [0.05, 0.1) is 6.61 Å².